The molecule has 6 heteroatoms. The van der Waals surface area contributed by atoms with E-state index in [1.807, 2.05) is 6.07 Å². The highest BCUT2D eigenvalue weighted by Gasteiger charge is 2.38. The van der Waals surface area contributed by atoms with E-state index in [1.165, 1.54) is 5.56 Å². The minimum atomic E-state index is -0.158. The monoisotopic (exact) mass is 368 g/mol. The first-order valence-corrected chi connectivity index (χ1v) is 8.63. The SMILES string of the molecule is C[C@@H]1CN2C[C@H](O)C[C@H]2CN1Cc1cc2c(cc1Br)OCO2. The molecule has 1 aromatic carbocycles. The van der Waals surface area contributed by atoms with Crippen molar-refractivity contribution >= 4 is 15.9 Å². The van der Waals surface area contributed by atoms with E-state index in [9.17, 15) is 5.11 Å². The van der Waals surface area contributed by atoms with Crippen LogP contribution in [-0.4, -0.2) is 59.5 Å². The first-order chi connectivity index (χ1) is 10.6. The van der Waals surface area contributed by atoms with Gasteiger partial charge in [-0.25, -0.2) is 0 Å². The molecule has 1 aromatic rings. The van der Waals surface area contributed by atoms with Crippen LogP contribution in [0.25, 0.3) is 0 Å². The molecule has 0 bridgehead atoms. The van der Waals surface area contributed by atoms with Gasteiger partial charge in [-0.3, -0.25) is 9.80 Å². The Kier molecular flexibility index (Phi) is 3.80. The fourth-order valence-corrected chi connectivity index (χ4v) is 4.24. The number of halogens is 1. The van der Waals surface area contributed by atoms with Crippen molar-refractivity contribution in [1.29, 1.82) is 0 Å². The molecular weight excluding hydrogens is 348 g/mol. The molecule has 0 amide bonds. The number of hydrogen-bond acceptors (Lipinski definition) is 5. The van der Waals surface area contributed by atoms with E-state index in [4.69, 9.17) is 9.47 Å². The predicted octanol–water partition coefficient (Wildman–Crippen LogP) is 1.82. The molecular formula is C16H21BrN2O3. The Morgan fingerprint density at radius 2 is 2.00 bits per heavy atom. The van der Waals surface area contributed by atoms with Crippen LogP contribution < -0.4 is 9.47 Å². The van der Waals surface area contributed by atoms with Gasteiger partial charge in [-0.05, 0) is 31.0 Å². The summed E-state index contributed by atoms with van der Waals surface area (Å²) in [6, 6.07) is 5.05. The molecule has 120 valence electrons. The zero-order valence-corrected chi connectivity index (χ0v) is 14.3. The number of hydrogen-bond donors (Lipinski definition) is 1. The van der Waals surface area contributed by atoms with Gasteiger partial charge in [0.1, 0.15) is 0 Å². The van der Waals surface area contributed by atoms with Crippen LogP contribution in [0.5, 0.6) is 11.5 Å². The number of nitrogens with zero attached hydrogens (tertiary/aromatic N) is 2. The quantitative estimate of drug-likeness (QED) is 0.862. The molecule has 0 aliphatic carbocycles. The molecule has 4 rings (SSSR count). The van der Waals surface area contributed by atoms with E-state index in [2.05, 4.69) is 38.7 Å². The Morgan fingerprint density at radius 3 is 2.82 bits per heavy atom. The number of fused-ring (bicyclic) bond motifs is 2. The van der Waals surface area contributed by atoms with Crippen LogP contribution in [-0.2, 0) is 6.54 Å². The maximum absolute atomic E-state index is 9.87. The number of aliphatic hydroxyl groups is 1. The van der Waals surface area contributed by atoms with Crippen molar-refractivity contribution in [3.63, 3.8) is 0 Å². The van der Waals surface area contributed by atoms with Crippen LogP contribution in [0.2, 0.25) is 0 Å². The van der Waals surface area contributed by atoms with E-state index < -0.39 is 0 Å². The first kappa shape index (κ1) is 14.8. The van der Waals surface area contributed by atoms with Crippen molar-refractivity contribution in [3.05, 3.63) is 22.2 Å². The first-order valence-electron chi connectivity index (χ1n) is 7.84. The maximum atomic E-state index is 9.87. The summed E-state index contributed by atoms with van der Waals surface area (Å²) in [5.74, 6) is 1.65. The van der Waals surface area contributed by atoms with Crippen LogP contribution in [0.1, 0.15) is 18.9 Å². The van der Waals surface area contributed by atoms with E-state index in [1.54, 1.807) is 0 Å². The van der Waals surface area contributed by atoms with Crippen LogP contribution >= 0.6 is 15.9 Å². The molecule has 5 nitrogen and oxygen atoms in total. The van der Waals surface area contributed by atoms with Crippen molar-refractivity contribution in [3.8, 4) is 11.5 Å². The van der Waals surface area contributed by atoms with E-state index >= 15 is 0 Å². The largest absolute Gasteiger partial charge is 0.454 e. The molecule has 0 saturated carbocycles. The zero-order valence-electron chi connectivity index (χ0n) is 12.7. The molecule has 0 aromatic heterocycles. The molecule has 2 saturated heterocycles. The summed E-state index contributed by atoms with van der Waals surface area (Å²) in [5.41, 5.74) is 1.23. The summed E-state index contributed by atoms with van der Waals surface area (Å²) in [7, 11) is 0. The number of aliphatic hydroxyl groups excluding tert-OH is 1. The van der Waals surface area contributed by atoms with Crippen molar-refractivity contribution in [2.45, 2.75) is 38.1 Å². The molecule has 3 aliphatic rings. The minimum absolute atomic E-state index is 0.158. The van der Waals surface area contributed by atoms with Gasteiger partial charge < -0.3 is 14.6 Å². The molecule has 0 unspecified atom stereocenters. The lowest BCUT2D eigenvalue weighted by molar-refractivity contribution is 0.0527. The summed E-state index contributed by atoms with van der Waals surface area (Å²) in [6.07, 6.45) is 0.736. The molecule has 2 fully saturated rings. The van der Waals surface area contributed by atoms with Crippen LogP contribution in [0.3, 0.4) is 0 Å². The molecule has 3 aliphatic heterocycles. The molecule has 0 radical (unpaired) electrons. The second-order valence-electron chi connectivity index (χ2n) is 6.57. The summed E-state index contributed by atoms with van der Waals surface area (Å²) in [5, 5.41) is 9.87. The normalized spacial score (nSPS) is 31.5. The van der Waals surface area contributed by atoms with Crippen LogP contribution in [0.4, 0.5) is 0 Å². The predicted molar refractivity (Wildman–Crippen MR) is 86.1 cm³/mol. The van der Waals surface area contributed by atoms with Crippen molar-refractivity contribution in [2.24, 2.45) is 0 Å². The Labute approximate surface area is 138 Å². The van der Waals surface area contributed by atoms with Gasteiger partial charge in [0.2, 0.25) is 6.79 Å². The molecule has 22 heavy (non-hydrogen) atoms. The Morgan fingerprint density at radius 1 is 1.23 bits per heavy atom. The zero-order chi connectivity index (χ0) is 15.3. The second-order valence-corrected chi connectivity index (χ2v) is 7.43. The summed E-state index contributed by atoms with van der Waals surface area (Å²) in [4.78, 5) is 4.93. The topological polar surface area (TPSA) is 45.2 Å². The van der Waals surface area contributed by atoms with Gasteiger partial charge in [-0.15, -0.1) is 0 Å². The van der Waals surface area contributed by atoms with Crippen molar-refractivity contribution < 1.29 is 14.6 Å². The third-order valence-electron chi connectivity index (χ3n) is 4.99. The fourth-order valence-electron chi connectivity index (χ4n) is 3.80. The Balaban J connectivity index is 1.51. The highest BCUT2D eigenvalue weighted by Crippen LogP contribution is 2.38. The second kappa shape index (κ2) is 5.67. The highest BCUT2D eigenvalue weighted by molar-refractivity contribution is 9.10. The van der Waals surface area contributed by atoms with Gasteiger partial charge in [0.25, 0.3) is 0 Å². The van der Waals surface area contributed by atoms with E-state index in [0.29, 0.717) is 18.9 Å². The van der Waals surface area contributed by atoms with Gasteiger partial charge in [0.15, 0.2) is 11.5 Å². The van der Waals surface area contributed by atoms with Crippen LogP contribution in [0.15, 0.2) is 16.6 Å². The minimum Gasteiger partial charge on any atom is -0.454 e. The third-order valence-corrected chi connectivity index (χ3v) is 5.73. The average molecular weight is 369 g/mol. The number of benzene rings is 1. The smallest absolute Gasteiger partial charge is 0.231 e. The molecule has 0 spiro atoms. The molecule has 3 heterocycles. The molecule has 3 atom stereocenters. The lowest BCUT2D eigenvalue weighted by Gasteiger charge is -2.42. The number of piperazine rings is 1. The van der Waals surface area contributed by atoms with Crippen molar-refractivity contribution in [2.75, 3.05) is 26.4 Å². The number of rotatable bonds is 2. The summed E-state index contributed by atoms with van der Waals surface area (Å²) < 4.78 is 12.0. The Hall–Kier alpha value is -0.820. The third kappa shape index (κ3) is 2.62. The van der Waals surface area contributed by atoms with Gasteiger partial charge in [-0.2, -0.15) is 0 Å². The molecule has 1 N–H and O–H groups in total. The van der Waals surface area contributed by atoms with Gasteiger partial charge in [-0.1, -0.05) is 15.9 Å². The highest BCUT2D eigenvalue weighted by atomic mass is 79.9. The summed E-state index contributed by atoms with van der Waals surface area (Å²) in [6.45, 7) is 6.33. The van der Waals surface area contributed by atoms with Crippen LogP contribution in [0, 0.1) is 0 Å². The number of ether oxygens (including phenoxy) is 2. The average Bonchev–Trinajstić information content (AvgIpc) is 3.04. The van der Waals surface area contributed by atoms with E-state index in [-0.39, 0.29) is 6.10 Å². The van der Waals surface area contributed by atoms with E-state index in [0.717, 1.165) is 48.6 Å². The Bertz CT molecular complexity index is 583. The maximum Gasteiger partial charge on any atom is 0.231 e. The lowest BCUT2D eigenvalue weighted by atomic mass is 10.1. The lowest BCUT2D eigenvalue weighted by Crippen LogP contribution is -2.54. The summed E-state index contributed by atoms with van der Waals surface area (Å²) >= 11 is 3.65. The van der Waals surface area contributed by atoms with Gasteiger partial charge in [0, 0.05) is 42.7 Å². The van der Waals surface area contributed by atoms with Crippen molar-refractivity contribution in [1.82, 2.24) is 9.80 Å². The van der Waals surface area contributed by atoms with Gasteiger partial charge in [0.05, 0.1) is 6.10 Å². The fraction of sp³-hybridized carbons (Fsp3) is 0.625. The van der Waals surface area contributed by atoms with Gasteiger partial charge >= 0.3 is 0 Å². The standard InChI is InChI=1S/C16H21BrN2O3/c1-10-5-19-8-13(20)3-12(19)7-18(10)6-11-2-15-16(4-14(11)17)22-9-21-15/h2,4,10,12-13,20H,3,5-9H2,1H3/t10-,12+,13-/m1/s1.